The molecule has 0 aromatic heterocycles. The van der Waals surface area contributed by atoms with Crippen LogP contribution in [0.15, 0.2) is 0 Å². The molecular weight excluding hydrogens is 188 g/mol. The van der Waals surface area contributed by atoms with E-state index in [0.29, 0.717) is 6.04 Å². The molecule has 1 fully saturated rings. The molecule has 0 aromatic carbocycles. The van der Waals surface area contributed by atoms with Gasteiger partial charge in [-0.1, -0.05) is 13.8 Å². The van der Waals surface area contributed by atoms with Crippen molar-refractivity contribution >= 4 is 0 Å². The summed E-state index contributed by atoms with van der Waals surface area (Å²) in [5.41, 5.74) is -0.0796. The maximum absolute atomic E-state index is 9.44. The molecule has 3 nitrogen and oxygen atoms in total. The lowest BCUT2D eigenvalue weighted by atomic mass is 9.98. The van der Waals surface area contributed by atoms with Crippen molar-refractivity contribution in [3.05, 3.63) is 0 Å². The number of nitrogens with zero attached hydrogens (tertiary/aromatic N) is 1. The maximum Gasteiger partial charge on any atom is 0.0611 e. The van der Waals surface area contributed by atoms with E-state index in [1.807, 2.05) is 0 Å². The Morgan fingerprint density at radius 3 is 2.33 bits per heavy atom. The Labute approximate surface area is 93.9 Å². The summed E-state index contributed by atoms with van der Waals surface area (Å²) >= 11 is 0. The van der Waals surface area contributed by atoms with Gasteiger partial charge in [-0.3, -0.25) is 0 Å². The minimum Gasteiger partial charge on any atom is -0.394 e. The molecule has 90 valence electrons. The van der Waals surface area contributed by atoms with Gasteiger partial charge < -0.3 is 15.3 Å². The molecule has 1 unspecified atom stereocenters. The summed E-state index contributed by atoms with van der Waals surface area (Å²) in [6, 6.07) is 0.666. The van der Waals surface area contributed by atoms with Crippen LogP contribution in [0.2, 0.25) is 0 Å². The number of hydrogen-bond acceptors (Lipinski definition) is 3. The van der Waals surface area contributed by atoms with Gasteiger partial charge in [-0.15, -0.1) is 0 Å². The Balaban J connectivity index is 2.30. The molecule has 0 bridgehead atoms. The summed E-state index contributed by atoms with van der Waals surface area (Å²) in [5.74, 6) is 0. The predicted octanol–water partition coefficient (Wildman–Crippen LogP) is 1.22. The summed E-state index contributed by atoms with van der Waals surface area (Å²) in [4.78, 5) is 2.41. The molecule has 0 heterocycles. The molecule has 1 saturated carbocycles. The Morgan fingerprint density at radius 1 is 1.33 bits per heavy atom. The van der Waals surface area contributed by atoms with Crippen molar-refractivity contribution in [2.24, 2.45) is 0 Å². The molecule has 1 rings (SSSR count). The fourth-order valence-corrected chi connectivity index (χ4v) is 1.86. The molecule has 1 aliphatic carbocycles. The first-order valence-corrected chi connectivity index (χ1v) is 6.24. The van der Waals surface area contributed by atoms with Gasteiger partial charge in [0.05, 0.1) is 6.61 Å². The van der Waals surface area contributed by atoms with Gasteiger partial charge in [-0.25, -0.2) is 0 Å². The van der Waals surface area contributed by atoms with Crippen LogP contribution >= 0.6 is 0 Å². The summed E-state index contributed by atoms with van der Waals surface area (Å²) in [7, 11) is 0. The van der Waals surface area contributed by atoms with Crippen molar-refractivity contribution in [3.63, 3.8) is 0 Å². The average molecular weight is 214 g/mol. The summed E-state index contributed by atoms with van der Waals surface area (Å²) in [6.45, 7) is 10.0. The lowest BCUT2D eigenvalue weighted by molar-refractivity contribution is 0.146. The van der Waals surface area contributed by atoms with Crippen molar-refractivity contribution in [2.75, 3.05) is 26.2 Å². The second kappa shape index (κ2) is 5.83. The predicted molar refractivity (Wildman–Crippen MR) is 64.1 cm³/mol. The van der Waals surface area contributed by atoms with Crippen molar-refractivity contribution < 1.29 is 5.11 Å². The molecule has 15 heavy (non-hydrogen) atoms. The molecule has 0 amide bonds. The molecule has 1 aliphatic rings. The van der Waals surface area contributed by atoms with Gasteiger partial charge in [0.15, 0.2) is 0 Å². The molecule has 1 atom stereocenters. The Hall–Kier alpha value is -0.120. The van der Waals surface area contributed by atoms with Gasteiger partial charge in [0.1, 0.15) is 0 Å². The standard InChI is InChI=1S/C12H26N2O/c1-4-14(5-2)9-8-12(3,10-15)13-11-6-7-11/h11,13,15H,4-10H2,1-3H3. The third-order valence-electron chi connectivity index (χ3n) is 3.35. The topological polar surface area (TPSA) is 35.5 Å². The first-order valence-electron chi connectivity index (χ1n) is 6.24. The van der Waals surface area contributed by atoms with E-state index in [0.717, 1.165) is 26.1 Å². The fourth-order valence-electron chi connectivity index (χ4n) is 1.86. The largest absolute Gasteiger partial charge is 0.394 e. The van der Waals surface area contributed by atoms with Crippen LogP contribution in [0.5, 0.6) is 0 Å². The molecule has 0 saturated heterocycles. The van der Waals surface area contributed by atoms with Crippen LogP contribution in [0, 0.1) is 0 Å². The van der Waals surface area contributed by atoms with Crippen LogP contribution in [0.1, 0.15) is 40.0 Å². The second-order valence-corrected chi connectivity index (χ2v) is 4.91. The number of nitrogens with one attached hydrogen (secondary N) is 1. The monoisotopic (exact) mass is 214 g/mol. The van der Waals surface area contributed by atoms with Crippen LogP contribution in [-0.2, 0) is 0 Å². The van der Waals surface area contributed by atoms with E-state index in [2.05, 4.69) is 31.0 Å². The Bertz CT molecular complexity index is 178. The number of hydrogen-bond donors (Lipinski definition) is 2. The van der Waals surface area contributed by atoms with E-state index in [4.69, 9.17) is 0 Å². The Morgan fingerprint density at radius 2 is 1.93 bits per heavy atom. The zero-order chi connectivity index (χ0) is 11.3. The fraction of sp³-hybridized carbons (Fsp3) is 1.00. The van der Waals surface area contributed by atoms with Crippen LogP contribution < -0.4 is 5.32 Å². The number of aliphatic hydroxyl groups excluding tert-OH is 1. The smallest absolute Gasteiger partial charge is 0.0611 e. The highest BCUT2D eigenvalue weighted by molar-refractivity contribution is 4.92. The quantitative estimate of drug-likeness (QED) is 0.638. The zero-order valence-electron chi connectivity index (χ0n) is 10.4. The minimum absolute atomic E-state index is 0.0796. The Kier molecular flexibility index (Phi) is 5.03. The van der Waals surface area contributed by atoms with E-state index in [1.165, 1.54) is 12.8 Å². The summed E-state index contributed by atoms with van der Waals surface area (Å²) in [5, 5.41) is 13.0. The molecular formula is C12H26N2O. The molecule has 3 heteroatoms. The summed E-state index contributed by atoms with van der Waals surface area (Å²) < 4.78 is 0. The first-order chi connectivity index (χ1) is 7.13. The highest BCUT2D eigenvalue weighted by Crippen LogP contribution is 2.23. The van der Waals surface area contributed by atoms with Gasteiger partial charge in [0, 0.05) is 11.6 Å². The molecule has 0 spiro atoms. The highest BCUT2D eigenvalue weighted by atomic mass is 16.3. The SMILES string of the molecule is CCN(CC)CCC(C)(CO)NC1CC1. The van der Waals surface area contributed by atoms with Gasteiger partial charge in [-0.05, 0) is 45.8 Å². The second-order valence-electron chi connectivity index (χ2n) is 4.91. The molecule has 0 aliphatic heterocycles. The van der Waals surface area contributed by atoms with Crippen molar-refractivity contribution in [2.45, 2.75) is 51.6 Å². The maximum atomic E-state index is 9.44. The molecule has 0 aromatic rings. The van der Waals surface area contributed by atoms with Crippen molar-refractivity contribution in [3.8, 4) is 0 Å². The lowest BCUT2D eigenvalue weighted by Crippen LogP contribution is -2.49. The van der Waals surface area contributed by atoms with E-state index >= 15 is 0 Å². The van der Waals surface area contributed by atoms with Crippen molar-refractivity contribution in [1.29, 1.82) is 0 Å². The normalized spacial score (nSPS) is 20.6. The summed E-state index contributed by atoms with van der Waals surface area (Å²) in [6.07, 6.45) is 3.59. The number of rotatable bonds is 8. The van der Waals surface area contributed by atoms with E-state index < -0.39 is 0 Å². The number of aliphatic hydroxyl groups is 1. The van der Waals surface area contributed by atoms with Crippen LogP contribution in [0.3, 0.4) is 0 Å². The van der Waals surface area contributed by atoms with Gasteiger partial charge in [0.25, 0.3) is 0 Å². The van der Waals surface area contributed by atoms with E-state index in [1.54, 1.807) is 0 Å². The molecule has 0 radical (unpaired) electrons. The third-order valence-corrected chi connectivity index (χ3v) is 3.35. The van der Waals surface area contributed by atoms with Crippen molar-refractivity contribution in [1.82, 2.24) is 10.2 Å². The van der Waals surface area contributed by atoms with Crippen LogP contribution in [0.25, 0.3) is 0 Å². The highest BCUT2D eigenvalue weighted by Gasteiger charge is 2.31. The minimum atomic E-state index is -0.0796. The average Bonchev–Trinajstić information content (AvgIpc) is 3.03. The van der Waals surface area contributed by atoms with E-state index in [-0.39, 0.29) is 12.1 Å². The molecule has 2 N–H and O–H groups in total. The van der Waals surface area contributed by atoms with E-state index in [9.17, 15) is 5.11 Å². The zero-order valence-corrected chi connectivity index (χ0v) is 10.4. The van der Waals surface area contributed by atoms with Gasteiger partial charge >= 0.3 is 0 Å². The van der Waals surface area contributed by atoms with Crippen LogP contribution in [0.4, 0.5) is 0 Å². The van der Waals surface area contributed by atoms with Crippen LogP contribution in [-0.4, -0.2) is 47.8 Å². The first kappa shape index (κ1) is 12.9. The van der Waals surface area contributed by atoms with Gasteiger partial charge in [0.2, 0.25) is 0 Å². The third kappa shape index (κ3) is 4.49. The lowest BCUT2D eigenvalue weighted by Gasteiger charge is -2.31. The van der Waals surface area contributed by atoms with Gasteiger partial charge in [-0.2, -0.15) is 0 Å².